The molecule has 1 aromatic heterocycles. The van der Waals surface area contributed by atoms with Crippen molar-refractivity contribution in [3.8, 4) is 16.2 Å². The molecule has 0 bridgehead atoms. The molecule has 0 amide bonds. The number of aromatic nitrogens is 1. The predicted molar refractivity (Wildman–Crippen MR) is 135 cm³/mol. The van der Waals surface area contributed by atoms with Crippen LogP contribution >= 0.6 is 22.9 Å². The number of rotatable bonds is 7. The predicted octanol–water partition coefficient (Wildman–Crippen LogP) is 7.35. The van der Waals surface area contributed by atoms with Crippen LogP contribution in [0, 0.1) is 19.8 Å². The minimum atomic E-state index is -1.50. The van der Waals surface area contributed by atoms with Crippen LogP contribution in [0.3, 0.4) is 0 Å². The number of nitrogens with zero attached hydrogens (tertiary/aromatic N) is 1. The van der Waals surface area contributed by atoms with Crippen LogP contribution in [0.5, 0.6) is 5.75 Å². The standard InChI is InChI=1S/C25H29ClN2O2S2/c1-16-9-11-20(15-21(16)26)28-32(29)23-14-19(10-12-22(23)30-3)25-17(2)27-24(31-25)13-18-7-5-4-6-8-18/h9-12,14-15,18,28H,4-8,13H2,1-3H3. The molecule has 1 atom stereocenters. The van der Waals surface area contributed by atoms with Crippen molar-refractivity contribution < 1.29 is 8.95 Å². The largest absolute Gasteiger partial charge is 0.495 e. The first kappa shape index (κ1) is 23.3. The maximum atomic E-state index is 13.2. The second-order valence-electron chi connectivity index (χ2n) is 8.43. The van der Waals surface area contributed by atoms with Crippen molar-refractivity contribution in [3.05, 3.63) is 57.7 Å². The number of hydrogen-bond acceptors (Lipinski definition) is 4. The molecule has 4 nitrogen and oxygen atoms in total. The number of halogens is 1. The number of ether oxygens (including phenoxy) is 1. The number of benzene rings is 2. The third-order valence-corrected chi connectivity index (χ3v) is 8.81. The average Bonchev–Trinajstić information content (AvgIpc) is 3.16. The van der Waals surface area contributed by atoms with Gasteiger partial charge in [0.15, 0.2) is 11.0 Å². The first-order chi connectivity index (χ1) is 15.4. The fraction of sp³-hybridized carbons (Fsp3) is 0.400. The Labute approximate surface area is 202 Å². The Hall–Kier alpha value is -1.89. The van der Waals surface area contributed by atoms with Crippen molar-refractivity contribution in [1.29, 1.82) is 0 Å². The summed E-state index contributed by atoms with van der Waals surface area (Å²) in [5.41, 5.74) is 3.73. The highest BCUT2D eigenvalue weighted by molar-refractivity contribution is 7.86. The Morgan fingerprint density at radius 2 is 1.94 bits per heavy atom. The summed E-state index contributed by atoms with van der Waals surface area (Å²) in [6.45, 7) is 4.00. The maximum Gasteiger partial charge on any atom is 0.154 e. The van der Waals surface area contributed by atoms with Gasteiger partial charge in [-0.25, -0.2) is 9.19 Å². The summed E-state index contributed by atoms with van der Waals surface area (Å²) in [7, 11) is 0.0963. The number of methoxy groups -OCH3 is 1. The van der Waals surface area contributed by atoms with Gasteiger partial charge in [-0.1, -0.05) is 49.8 Å². The first-order valence-electron chi connectivity index (χ1n) is 11.0. The molecule has 1 heterocycles. The Balaban J connectivity index is 1.58. The molecule has 0 saturated heterocycles. The normalized spacial score (nSPS) is 15.5. The highest BCUT2D eigenvalue weighted by Crippen LogP contribution is 2.36. The topological polar surface area (TPSA) is 51.2 Å². The average molecular weight is 489 g/mol. The maximum absolute atomic E-state index is 13.2. The summed E-state index contributed by atoms with van der Waals surface area (Å²) in [6, 6.07) is 11.4. The van der Waals surface area contributed by atoms with Gasteiger partial charge in [-0.3, -0.25) is 0 Å². The molecule has 0 spiro atoms. The van der Waals surface area contributed by atoms with E-state index in [1.54, 1.807) is 24.5 Å². The molecule has 1 aliphatic rings. The van der Waals surface area contributed by atoms with Crippen molar-refractivity contribution in [2.45, 2.75) is 57.3 Å². The van der Waals surface area contributed by atoms with Gasteiger partial charge in [0.25, 0.3) is 0 Å². The lowest BCUT2D eigenvalue weighted by Crippen LogP contribution is -2.08. The zero-order valence-corrected chi connectivity index (χ0v) is 21.1. The second kappa shape index (κ2) is 10.4. The van der Waals surface area contributed by atoms with E-state index < -0.39 is 11.0 Å². The summed E-state index contributed by atoms with van der Waals surface area (Å²) >= 11 is 7.99. The molecule has 1 N–H and O–H groups in total. The van der Waals surface area contributed by atoms with Crippen LogP contribution in [0.25, 0.3) is 10.4 Å². The molecule has 2 aromatic carbocycles. The quantitative estimate of drug-likeness (QED) is 0.378. The van der Waals surface area contributed by atoms with Crippen LogP contribution in [0.1, 0.15) is 48.4 Å². The zero-order chi connectivity index (χ0) is 22.7. The number of thiazole rings is 1. The molecule has 3 aromatic rings. The van der Waals surface area contributed by atoms with Crippen molar-refractivity contribution >= 4 is 39.6 Å². The molecule has 1 fully saturated rings. The van der Waals surface area contributed by atoms with Gasteiger partial charge in [-0.15, -0.1) is 11.3 Å². The van der Waals surface area contributed by atoms with E-state index in [4.69, 9.17) is 21.3 Å². The molecule has 1 aliphatic carbocycles. The molecule has 0 radical (unpaired) electrons. The molecule has 170 valence electrons. The first-order valence-corrected chi connectivity index (χ1v) is 13.4. The van der Waals surface area contributed by atoms with Gasteiger partial charge in [0.05, 0.1) is 22.7 Å². The molecule has 1 saturated carbocycles. The number of hydrogen-bond donors (Lipinski definition) is 1. The van der Waals surface area contributed by atoms with E-state index in [-0.39, 0.29) is 0 Å². The lowest BCUT2D eigenvalue weighted by molar-refractivity contribution is 0.356. The summed E-state index contributed by atoms with van der Waals surface area (Å²) in [5, 5.41) is 1.84. The fourth-order valence-corrected chi connectivity index (χ4v) is 6.60. The van der Waals surface area contributed by atoms with Crippen molar-refractivity contribution in [2.75, 3.05) is 11.8 Å². The van der Waals surface area contributed by atoms with E-state index in [2.05, 4.69) is 11.6 Å². The van der Waals surface area contributed by atoms with E-state index >= 15 is 0 Å². The Morgan fingerprint density at radius 1 is 1.16 bits per heavy atom. The molecular formula is C25H29ClN2O2S2. The second-order valence-corrected chi connectivity index (χ2v) is 11.1. The summed E-state index contributed by atoms with van der Waals surface area (Å²) < 4.78 is 21.7. The molecule has 7 heteroatoms. The van der Waals surface area contributed by atoms with E-state index in [0.29, 0.717) is 21.4 Å². The smallest absolute Gasteiger partial charge is 0.154 e. The van der Waals surface area contributed by atoms with Crippen molar-refractivity contribution in [2.24, 2.45) is 5.92 Å². The molecule has 4 rings (SSSR count). The van der Waals surface area contributed by atoms with Crippen LogP contribution in [-0.2, 0) is 17.4 Å². The summed E-state index contributed by atoms with van der Waals surface area (Å²) in [4.78, 5) is 6.60. The molecule has 32 heavy (non-hydrogen) atoms. The Bertz CT molecular complexity index is 1120. The molecule has 1 unspecified atom stereocenters. The van der Waals surface area contributed by atoms with E-state index in [1.165, 1.54) is 37.1 Å². The number of anilines is 1. The summed E-state index contributed by atoms with van der Waals surface area (Å²) in [5.74, 6) is 1.34. The highest BCUT2D eigenvalue weighted by atomic mass is 35.5. The van der Waals surface area contributed by atoms with Gasteiger partial charge in [-0.2, -0.15) is 0 Å². The van der Waals surface area contributed by atoms with Gasteiger partial charge in [0.2, 0.25) is 0 Å². The molecular weight excluding hydrogens is 460 g/mol. The Morgan fingerprint density at radius 3 is 2.66 bits per heavy atom. The minimum Gasteiger partial charge on any atom is -0.495 e. The lowest BCUT2D eigenvalue weighted by atomic mass is 9.87. The number of aryl methyl sites for hydroxylation is 2. The van der Waals surface area contributed by atoms with Gasteiger partial charge in [0, 0.05) is 17.1 Å². The number of nitrogens with one attached hydrogen (secondary N) is 1. The minimum absolute atomic E-state index is 0.586. The van der Waals surface area contributed by atoms with Crippen LogP contribution in [0.2, 0.25) is 5.02 Å². The van der Waals surface area contributed by atoms with Crippen LogP contribution in [0.15, 0.2) is 41.3 Å². The van der Waals surface area contributed by atoms with Gasteiger partial charge >= 0.3 is 0 Å². The van der Waals surface area contributed by atoms with Crippen molar-refractivity contribution in [1.82, 2.24) is 4.98 Å². The third kappa shape index (κ3) is 5.36. The lowest BCUT2D eigenvalue weighted by Gasteiger charge is -2.20. The highest BCUT2D eigenvalue weighted by Gasteiger charge is 2.19. The zero-order valence-electron chi connectivity index (χ0n) is 18.7. The van der Waals surface area contributed by atoms with Gasteiger partial charge < -0.3 is 9.46 Å². The van der Waals surface area contributed by atoms with E-state index in [9.17, 15) is 4.21 Å². The fourth-order valence-electron chi connectivity index (χ4n) is 4.23. The van der Waals surface area contributed by atoms with Gasteiger partial charge in [0.1, 0.15) is 10.6 Å². The molecule has 0 aliphatic heterocycles. The summed E-state index contributed by atoms with van der Waals surface area (Å²) in [6.07, 6.45) is 7.75. The third-order valence-electron chi connectivity index (χ3n) is 6.04. The van der Waals surface area contributed by atoms with Crippen LogP contribution in [-0.4, -0.2) is 16.3 Å². The van der Waals surface area contributed by atoms with Crippen molar-refractivity contribution in [3.63, 3.8) is 0 Å². The van der Waals surface area contributed by atoms with E-state index in [0.717, 1.165) is 34.0 Å². The van der Waals surface area contributed by atoms with E-state index in [1.807, 2.05) is 37.3 Å². The Kier molecular flexibility index (Phi) is 7.54. The SMILES string of the molecule is COc1ccc(-c2sc(CC3CCCCC3)nc2C)cc1S(=O)Nc1ccc(C)c(Cl)c1. The monoisotopic (exact) mass is 488 g/mol. The van der Waals surface area contributed by atoms with Crippen LogP contribution < -0.4 is 9.46 Å². The van der Waals surface area contributed by atoms with Crippen LogP contribution in [0.4, 0.5) is 5.69 Å². The van der Waals surface area contributed by atoms with Gasteiger partial charge in [-0.05, 0) is 61.2 Å².